The Morgan fingerprint density at radius 3 is 2.68 bits per heavy atom. The number of rotatable bonds is 4. The molecule has 102 valence electrons. The number of imidazole rings is 1. The van der Waals surface area contributed by atoms with E-state index in [0.29, 0.717) is 17.9 Å². The molecule has 0 aromatic carbocycles. The molecule has 0 fully saturated rings. The van der Waals surface area contributed by atoms with E-state index in [1.807, 2.05) is 6.92 Å². The van der Waals surface area contributed by atoms with Crippen molar-refractivity contribution in [2.24, 2.45) is 0 Å². The van der Waals surface area contributed by atoms with Crippen LogP contribution in [0.2, 0.25) is 0 Å². The van der Waals surface area contributed by atoms with Crippen molar-refractivity contribution < 1.29 is 9.53 Å². The van der Waals surface area contributed by atoms with E-state index in [4.69, 9.17) is 16.6 Å². The summed E-state index contributed by atoms with van der Waals surface area (Å²) < 4.78 is 5.19. The minimum absolute atomic E-state index is 0.115. The zero-order valence-corrected chi connectivity index (χ0v) is 11.7. The summed E-state index contributed by atoms with van der Waals surface area (Å²) >= 11 is 0. The van der Waals surface area contributed by atoms with Gasteiger partial charge >= 0.3 is 5.97 Å². The van der Waals surface area contributed by atoms with Crippen molar-refractivity contribution in [2.75, 3.05) is 0 Å². The van der Waals surface area contributed by atoms with Gasteiger partial charge in [0.05, 0.1) is 12.1 Å². The molecule has 1 unspecified atom stereocenters. The predicted molar refractivity (Wildman–Crippen MR) is 73.1 cm³/mol. The summed E-state index contributed by atoms with van der Waals surface area (Å²) in [7, 11) is 0. The molecule has 0 saturated heterocycles. The first-order valence-electron chi connectivity index (χ1n) is 6.11. The van der Waals surface area contributed by atoms with Crippen molar-refractivity contribution in [3.8, 4) is 12.3 Å². The maximum atomic E-state index is 11.9. The minimum atomic E-state index is -0.627. The molecule has 0 saturated carbocycles. The fourth-order valence-corrected chi connectivity index (χ4v) is 1.60. The zero-order valence-electron chi connectivity index (χ0n) is 11.7. The number of nitrogens with zero attached hydrogens (tertiary/aromatic N) is 1. The lowest BCUT2D eigenvalue weighted by Gasteiger charge is -2.21. The number of H-pyrrole nitrogens is 1. The normalized spacial score (nSPS) is 12.6. The van der Waals surface area contributed by atoms with Gasteiger partial charge in [-0.1, -0.05) is 12.8 Å². The second-order valence-electron chi connectivity index (χ2n) is 5.20. The van der Waals surface area contributed by atoms with Gasteiger partial charge in [0.15, 0.2) is 0 Å². The van der Waals surface area contributed by atoms with Crippen molar-refractivity contribution in [2.45, 2.75) is 45.6 Å². The Labute approximate surface area is 113 Å². The van der Waals surface area contributed by atoms with Crippen molar-refractivity contribution >= 4 is 11.7 Å². The van der Waals surface area contributed by atoms with Gasteiger partial charge in [-0.05, 0) is 27.2 Å². The Bertz CT molecular complexity index is 518. The molecule has 1 atom stereocenters. The van der Waals surface area contributed by atoms with E-state index >= 15 is 0 Å². The SMILES string of the molecule is C#Cc1cnc(C(CC)C(=N)C(=O)OC(C)(C)C)[nH]1. The summed E-state index contributed by atoms with van der Waals surface area (Å²) in [6.07, 6.45) is 7.34. The molecular formula is C14H19N3O2. The van der Waals surface area contributed by atoms with Crippen molar-refractivity contribution in [1.82, 2.24) is 9.97 Å². The minimum Gasteiger partial charge on any atom is -0.455 e. The second-order valence-corrected chi connectivity index (χ2v) is 5.20. The molecule has 1 rings (SSSR count). The second kappa shape index (κ2) is 5.70. The molecule has 5 heteroatoms. The summed E-state index contributed by atoms with van der Waals surface area (Å²) in [5, 5.41) is 7.95. The summed E-state index contributed by atoms with van der Waals surface area (Å²) in [6.45, 7) is 7.18. The fourth-order valence-electron chi connectivity index (χ4n) is 1.60. The van der Waals surface area contributed by atoms with Gasteiger partial charge in [-0.3, -0.25) is 5.41 Å². The van der Waals surface area contributed by atoms with Crippen LogP contribution < -0.4 is 0 Å². The highest BCUT2D eigenvalue weighted by atomic mass is 16.6. The molecule has 0 aliphatic carbocycles. The number of terminal acetylenes is 1. The molecular weight excluding hydrogens is 242 g/mol. The summed E-state index contributed by atoms with van der Waals surface area (Å²) in [6, 6.07) is 0. The van der Waals surface area contributed by atoms with Gasteiger partial charge in [-0.2, -0.15) is 0 Å². The predicted octanol–water partition coefficient (Wildman–Crippen LogP) is 2.25. The lowest BCUT2D eigenvalue weighted by Crippen LogP contribution is -2.31. The Balaban J connectivity index is 2.89. The molecule has 0 amide bonds. The third kappa shape index (κ3) is 3.95. The lowest BCUT2D eigenvalue weighted by molar-refractivity contribution is -0.146. The zero-order chi connectivity index (χ0) is 14.6. The fraction of sp³-hybridized carbons (Fsp3) is 0.500. The molecule has 0 bridgehead atoms. The molecule has 2 N–H and O–H groups in total. The third-order valence-corrected chi connectivity index (χ3v) is 2.46. The number of aromatic amines is 1. The van der Waals surface area contributed by atoms with E-state index in [2.05, 4.69) is 15.9 Å². The van der Waals surface area contributed by atoms with E-state index in [9.17, 15) is 4.79 Å². The Kier molecular flexibility index (Phi) is 4.49. The van der Waals surface area contributed by atoms with Crippen LogP contribution >= 0.6 is 0 Å². The molecule has 1 aromatic heterocycles. The Morgan fingerprint density at radius 1 is 1.63 bits per heavy atom. The van der Waals surface area contributed by atoms with Crippen LogP contribution in [0.4, 0.5) is 0 Å². The van der Waals surface area contributed by atoms with Gasteiger partial charge in [0, 0.05) is 0 Å². The maximum Gasteiger partial charge on any atom is 0.353 e. The number of nitrogens with one attached hydrogen (secondary N) is 2. The van der Waals surface area contributed by atoms with Gasteiger partial charge in [0.1, 0.15) is 22.8 Å². The number of aromatic nitrogens is 2. The number of ether oxygens (including phenoxy) is 1. The van der Waals surface area contributed by atoms with Crippen LogP contribution in [0.15, 0.2) is 6.20 Å². The van der Waals surface area contributed by atoms with E-state index in [-0.39, 0.29) is 5.71 Å². The largest absolute Gasteiger partial charge is 0.455 e. The first kappa shape index (κ1) is 15.0. The summed E-state index contributed by atoms with van der Waals surface area (Å²) in [5.74, 6) is 1.89. The summed E-state index contributed by atoms with van der Waals surface area (Å²) in [5.41, 5.74) is -0.199. The van der Waals surface area contributed by atoms with Gasteiger partial charge in [-0.25, -0.2) is 9.78 Å². The standard InChI is InChI=1S/C14H19N3O2/c1-6-9-8-16-12(17-9)10(7-2)11(15)13(18)19-14(3,4)5/h1,8,10,15H,7H2,2-5H3,(H,16,17). The number of hydrogen-bond acceptors (Lipinski definition) is 4. The van der Waals surface area contributed by atoms with E-state index in [0.717, 1.165) is 0 Å². The van der Waals surface area contributed by atoms with E-state index in [1.165, 1.54) is 6.20 Å². The van der Waals surface area contributed by atoms with Gasteiger partial charge in [0.25, 0.3) is 0 Å². The lowest BCUT2D eigenvalue weighted by atomic mass is 9.99. The Morgan fingerprint density at radius 2 is 2.26 bits per heavy atom. The maximum absolute atomic E-state index is 11.9. The van der Waals surface area contributed by atoms with Crippen molar-refractivity contribution in [3.63, 3.8) is 0 Å². The average molecular weight is 261 g/mol. The molecule has 0 radical (unpaired) electrons. The molecule has 0 aliphatic rings. The van der Waals surface area contributed by atoms with Gasteiger partial charge < -0.3 is 9.72 Å². The monoisotopic (exact) mass is 261 g/mol. The van der Waals surface area contributed by atoms with Crippen LogP contribution in [-0.4, -0.2) is 27.2 Å². The smallest absolute Gasteiger partial charge is 0.353 e. The van der Waals surface area contributed by atoms with E-state index < -0.39 is 17.5 Å². The van der Waals surface area contributed by atoms with E-state index in [1.54, 1.807) is 20.8 Å². The van der Waals surface area contributed by atoms with Gasteiger partial charge in [-0.15, -0.1) is 6.42 Å². The molecule has 1 heterocycles. The van der Waals surface area contributed by atoms with Crippen LogP contribution in [0.3, 0.4) is 0 Å². The van der Waals surface area contributed by atoms with Crippen LogP contribution in [0.1, 0.15) is 51.6 Å². The van der Waals surface area contributed by atoms with Crippen LogP contribution in [0.5, 0.6) is 0 Å². The van der Waals surface area contributed by atoms with Crippen molar-refractivity contribution in [3.05, 3.63) is 17.7 Å². The highest BCUT2D eigenvalue weighted by molar-refractivity contribution is 6.37. The molecule has 5 nitrogen and oxygen atoms in total. The molecule has 1 aromatic rings. The molecule has 19 heavy (non-hydrogen) atoms. The highest BCUT2D eigenvalue weighted by Crippen LogP contribution is 2.20. The average Bonchev–Trinajstić information content (AvgIpc) is 2.76. The first-order valence-corrected chi connectivity index (χ1v) is 6.11. The quantitative estimate of drug-likeness (QED) is 0.495. The Hall–Kier alpha value is -2.09. The van der Waals surface area contributed by atoms with Gasteiger partial charge in [0.2, 0.25) is 0 Å². The number of hydrogen-bond donors (Lipinski definition) is 2. The molecule has 0 aliphatic heterocycles. The first-order chi connectivity index (χ1) is 8.78. The highest BCUT2D eigenvalue weighted by Gasteiger charge is 2.28. The molecule has 0 spiro atoms. The van der Waals surface area contributed by atoms with Crippen molar-refractivity contribution in [1.29, 1.82) is 5.41 Å². The third-order valence-electron chi connectivity index (χ3n) is 2.46. The summed E-state index contributed by atoms with van der Waals surface area (Å²) in [4.78, 5) is 18.9. The number of carbonyl (C=O) groups excluding carboxylic acids is 1. The number of carbonyl (C=O) groups is 1. The van der Waals surface area contributed by atoms with Crippen LogP contribution in [-0.2, 0) is 9.53 Å². The van der Waals surface area contributed by atoms with Crippen LogP contribution in [0, 0.1) is 17.8 Å². The van der Waals surface area contributed by atoms with Crippen LogP contribution in [0.25, 0.3) is 0 Å². The number of esters is 1. The topological polar surface area (TPSA) is 78.8 Å².